The molecule has 8 rings (SSSR count). The number of pyridine rings is 1. The van der Waals surface area contributed by atoms with Crippen molar-refractivity contribution in [2.45, 2.75) is 61.9 Å². The van der Waals surface area contributed by atoms with Gasteiger partial charge in [-0.25, -0.2) is 9.78 Å². The van der Waals surface area contributed by atoms with Crippen molar-refractivity contribution in [3.05, 3.63) is 103 Å². The summed E-state index contributed by atoms with van der Waals surface area (Å²) in [4.78, 5) is 46.2. The largest absolute Gasteiger partial charge is 0.388 e. The molecule has 14 nitrogen and oxygen atoms in total. The monoisotopic (exact) mass is 702 g/mol. The fourth-order valence-corrected chi connectivity index (χ4v) is 7.33. The predicted molar refractivity (Wildman–Crippen MR) is 196 cm³/mol. The molecule has 1 saturated heterocycles. The molecule has 1 aliphatic heterocycles. The molecule has 2 aliphatic carbocycles. The molecular formula is C38H42N10O4. The summed E-state index contributed by atoms with van der Waals surface area (Å²) in [5, 5.41) is 34.7. The van der Waals surface area contributed by atoms with Gasteiger partial charge in [0.25, 0.3) is 0 Å². The lowest BCUT2D eigenvalue weighted by molar-refractivity contribution is -0.123. The number of fused-ring (bicyclic) bond motifs is 1. The number of aliphatic hydroxyl groups is 2. The van der Waals surface area contributed by atoms with Gasteiger partial charge in [-0.15, -0.1) is 0 Å². The van der Waals surface area contributed by atoms with E-state index in [0.717, 1.165) is 24.0 Å². The molecule has 2 saturated carbocycles. The molecule has 3 aromatic heterocycles. The maximum absolute atomic E-state index is 12.8. The van der Waals surface area contributed by atoms with Gasteiger partial charge in [-0.05, 0) is 48.9 Å². The third-order valence-corrected chi connectivity index (χ3v) is 10.3. The Morgan fingerprint density at radius 2 is 1.63 bits per heavy atom. The normalized spacial score (nSPS) is 22.8. The molecule has 3 amide bonds. The zero-order valence-corrected chi connectivity index (χ0v) is 28.5. The molecule has 1 unspecified atom stereocenters. The first-order valence-electron chi connectivity index (χ1n) is 17.9. The second-order valence-corrected chi connectivity index (χ2v) is 13.9. The van der Waals surface area contributed by atoms with Gasteiger partial charge in [0.05, 0.1) is 30.3 Å². The SMILES string of the molecule is O=C(Nc1cccnc1)N[C@@H]1CCN(c2nc(NCC(c3ccccc3)c3ccccc3)c3ncn([C@@H]4CC(NC(=O)C5CC5)[C@@H](O)[C@H]4O)c3n2)C1. The number of nitrogens with one attached hydrogen (secondary N) is 4. The molecule has 14 heteroatoms. The van der Waals surface area contributed by atoms with Gasteiger partial charge in [0.2, 0.25) is 11.9 Å². The van der Waals surface area contributed by atoms with Crippen LogP contribution >= 0.6 is 0 Å². The summed E-state index contributed by atoms with van der Waals surface area (Å²) in [7, 11) is 0. The lowest BCUT2D eigenvalue weighted by atomic mass is 9.91. The van der Waals surface area contributed by atoms with Crippen molar-refractivity contribution in [3.8, 4) is 0 Å². The number of aromatic nitrogens is 5. The van der Waals surface area contributed by atoms with Crippen LogP contribution in [0.1, 0.15) is 48.8 Å². The molecule has 0 spiro atoms. The number of imidazole rings is 1. The molecule has 3 aliphatic rings. The maximum Gasteiger partial charge on any atom is 0.319 e. The van der Waals surface area contributed by atoms with Crippen LogP contribution in [0.4, 0.5) is 22.2 Å². The Morgan fingerprint density at radius 1 is 0.885 bits per heavy atom. The number of amides is 3. The summed E-state index contributed by atoms with van der Waals surface area (Å²) in [5.74, 6) is 0.905. The van der Waals surface area contributed by atoms with Gasteiger partial charge in [-0.1, -0.05) is 60.7 Å². The van der Waals surface area contributed by atoms with E-state index in [1.54, 1.807) is 35.4 Å². The molecular weight excluding hydrogens is 660 g/mol. The van der Waals surface area contributed by atoms with E-state index >= 15 is 0 Å². The predicted octanol–water partition coefficient (Wildman–Crippen LogP) is 3.43. The van der Waals surface area contributed by atoms with Crippen LogP contribution in [0.25, 0.3) is 11.2 Å². The van der Waals surface area contributed by atoms with E-state index < -0.39 is 24.3 Å². The number of anilines is 3. The zero-order valence-electron chi connectivity index (χ0n) is 28.5. The van der Waals surface area contributed by atoms with E-state index in [0.29, 0.717) is 61.1 Å². The lowest BCUT2D eigenvalue weighted by Crippen LogP contribution is -2.43. The molecule has 0 radical (unpaired) electrons. The zero-order chi connectivity index (χ0) is 35.6. The van der Waals surface area contributed by atoms with Crippen LogP contribution < -0.4 is 26.2 Å². The number of carbonyl (C=O) groups is 2. The highest BCUT2D eigenvalue weighted by atomic mass is 16.3. The van der Waals surface area contributed by atoms with Gasteiger partial charge >= 0.3 is 6.03 Å². The van der Waals surface area contributed by atoms with Gasteiger partial charge in [0.15, 0.2) is 17.0 Å². The highest BCUT2D eigenvalue weighted by molar-refractivity contribution is 5.89. The van der Waals surface area contributed by atoms with Crippen LogP contribution in [0.5, 0.6) is 0 Å². The summed E-state index contributed by atoms with van der Waals surface area (Å²) in [5.41, 5.74) is 3.93. The first-order valence-corrected chi connectivity index (χ1v) is 17.9. The van der Waals surface area contributed by atoms with E-state index in [2.05, 4.69) is 50.5 Å². The Morgan fingerprint density at radius 3 is 2.33 bits per heavy atom. The number of carbonyl (C=O) groups excluding carboxylic acids is 2. The van der Waals surface area contributed by atoms with Gasteiger partial charge in [-0.2, -0.15) is 9.97 Å². The van der Waals surface area contributed by atoms with Crippen molar-refractivity contribution in [2.24, 2.45) is 5.92 Å². The summed E-state index contributed by atoms with van der Waals surface area (Å²) in [6, 6.07) is 22.5. The van der Waals surface area contributed by atoms with Crippen LogP contribution in [0.3, 0.4) is 0 Å². The van der Waals surface area contributed by atoms with Crippen molar-refractivity contribution < 1.29 is 19.8 Å². The minimum atomic E-state index is -1.14. The summed E-state index contributed by atoms with van der Waals surface area (Å²) in [6.45, 7) is 1.61. The molecule has 268 valence electrons. The van der Waals surface area contributed by atoms with Crippen LogP contribution in [-0.2, 0) is 4.79 Å². The van der Waals surface area contributed by atoms with Crippen molar-refractivity contribution in [2.75, 3.05) is 35.2 Å². The van der Waals surface area contributed by atoms with Crippen molar-refractivity contribution in [1.82, 2.24) is 35.1 Å². The maximum atomic E-state index is 12.8. The average Bonchev–Trinajstić information content (AvgIpc) is 3.69. The quantitative estimate of drug-likeness (QED) is 0.119. The van der Waals surface area contributed by atoms with Crippen LogP contribution in [0.15, 0.2) is 91.5 Å². The Kier molecular flexibility index (Phi) is 9.39. The third-order valence-electron chi connectivity index (χ3n) is 10.3. The molecule has 3 fully saturated rings. The minimum Gasteiger partial charge on any atom is -0.388 e. The average molecular weight is 703 g/mol. The molecule has 5 atom stereocenters. The second-order valence-electron chi connectivity index (χ2n) is 13.9. The first-order chi connectivity index (χ1) is 25.4. The number of nitrogens with zero attached hydrogens (tertiary/aromatic N) is 6. The summed E-state index contributed by atoms with van der Waals surface area (Å²) >= 11 is 0. The van der Waals surface area contributed by atoms with Crippen LogP contribution in [-0.4, -0.2) is 90.6 Å². The first kappa shape index (κ1) is 33.5. The number of benzene rings is 2. The topological polar surface area (TPSA) is 182 Å². The number of hydrogen-bond acceptors (Lipinski definition) is 10. The lowest BCUT2D eigenvalue weighted by Gasteiger charge is -2.22. The van der Waals surface area contributed by atoms with Gasteiger partial charge < -0.3 is 40.9 Å². The van der Waals surface area contributed by atoms with E-state index in [1.165, 1.54) is 0 Å². The van der Waals surface area contributed by atoms with E-state index in [1.807, 2.05) is 41.3 Å². The third kappa shape index (κ3) is 7.12. The number of rotatable bonds is 11. The van der Waals surface area contributed by atoms with Crippen molar-refractivity contribution >= 4 is 40.6 Å². The highest BCUT2D eigenvalue weighted by Gasteiger charge is 2.45. The molecule has 2 aromatic carbocycles. The second kappa shape index (κ2) is 14.6. The van der Waals surface area contributed by atoms with E-state index in [9.17, 15) is 19.8 Å². The smallest absolute Gasteiger partial charge is 0.319 e. The van der Waals surface area contributed by atoms with Crippen LogP contribution in [0, 0.1) is 5.92 Å². The van der Waals surface area contributed by atoms with Gasteiger partial charge in [-0.3, -0.25) is 9.78 Å². The fourth-order valence-electron chi connectivity index (χ4n) is 7.33. The number of hydrogen-bond donors (Lipinski definition) is 6. The Hall–Kier alpha value is -5.60. The molecule has 0 bridgehead atoms. The standard InChI is InChI=1S/C38H42N10O4/c49-32-29(44-36(51)25-13-14-25)18-30(33(32)50)48-22-41-31-34(40-20-28(23-8-3-1-4-9-23)24-10-5-2-6-11-24)45-37(46-35(31)48)47-17-15-27(21-47)43-38(52)42-26-12-7-16-39-19-26/h1-12,16,19,22,25,27-30,32-33,49-50H,13-15,17-18,20-21H2,(H,44,51)(H,40,45,46)(H2,42,43,52)/t27-,29?,30-,32-,33+/m1/s1. The van der Waals surface area contributed by atoms with Gasteiger partial charge in [0.1, 0.15) is 12.2 Å². The molecule has 52 heavy (non-hydrogen) atoms. The Balaban J connectivity index is 1.08. The van der Waals surface area contributed by atoms with Crippen molar-refractivity contribution in [1.29, 1.82) is 0 Å². The summed E-state index contributed by atoms with van der Waals surface area (Å²) < 4.78 is 1.79. The fraction of sp³-hybridized carbons (Fsp3) is 0.368. The van der Waals surface area contributed by atoms with E-state index in [-0.39, 0.29) is 29.8 Å². The van der Waals surface area contributed by atoms with Crippen molar-refractivity contribution in [3.63, 3.8) is 0 Å². The van der Waals surface area contributed by atoms with Gasteiger partial charge in [0, 0.05) is 43.7 Å². The van der Waals surface area contributed by atoms with Crippen LogP contribution in [0.2, 0.25) is 0 Å². The molecule has 5 aromatic rings. The Labute approximate surface area is 300 Å². The minimum absolute atomic E-state index is 0.0132. The van der Waals surface area contributed by atoms with E-state index in [4.69, 9.17) is 15.0 Å². The highest BCUT2D eigenvalue weighted by Crippen LogP contribution is 2.37. The molecule has 6 N–H and O–H groups in total. The Bertz CT molecular complexity index is 1970. The molecule has 4 heterocycles. The summed E-state index contributed by atoms with van der Waals surface area (Å²) in [6.07, 6.45) is 5.28. The number of urea groups is 1. The number of aliphatic hydroxyl groups excluding tert-OH is 2.